The molecule has 0 aromatic heterocycles. The number of esters is 1. The Morgan fingerprint density at radius 3 is 2.21 bits per heavy atom. The molecule has 24 heavy (non-hydrogen) atoms. The van der Waals surface area contributed by atoms with Crippen LogP contribution >= 0.6 is 11.6 Å². The van der Waals surface area contributed by atoms with Gasteiger partial charge in [-0.3, -0.25) is 0 Å². The highest BCUT2D eigenvalue weighted by molar-refractivity contribution is 6.20. The molecule has 0 amide bonds. The minimum Gasteiger partial charge on any atom is -0.491 e. The minimum atomic E-state index is -0.464. The van der Waals surface area contributed by atoms with Crippen molar-refractivity contribution in [3.63, 3.8) is 0 Å². The van der Waals surface area contributed by atoms with Gasteiger partial charge in [-0.2, -0.15) is 5.26 Å². The Morgan fingerprint density at radius 1 is 1.08 bits per heavy atom. The Hall–Kier alpha value is -2.51. The van der Waals surface area contributed by atoms with Crippen LogP contribution in [0, 0.1) is 11.3 Å². The van der Waals surface area contributed by atoms with Crippen LogP contribution in [0.15, 0.2) is 48.5 Å². The van der Waals surface area contributed by atoms with Crippen LogP contribution < -0.4 is 9.47 Å². The fourth-order valence-electron chi connectivity index (χ4n) is 2.17. The quantitative estimate of drug-likeness (QED) is 0.438. The van der Waals surface area contributed by atoms with E-state index in [2.05, 4.69) is 0 Å². The van der Waals surface area contributed by atoms with Crippen LogP contribution in [-0.4, -0.2) is 17.5 Å². The van der Waals surface area contributed by atoms with Crippen molar-refractivity contribution >= 4 is 17.6 Å². The first-order chi connectivity index (χ1) is 11.5. The monoisotopic (exact) mass is 343 g/mol. The van der Waals surface area contributed by atoms with Crippen molar-refractivity contribution in [1.29, 1.82) is 5.26 Å². The van der Waals surface area contributed by atoms with E-state index in [0.717, 1.165) is 6.42 Å². The Bertz CT molecular complexity index is 718. The molecular formula is C19H18ClNO3. The van der Waals surface area contributed by atoms with Gasteiger partial charge in [-0.05, 0) is 62.4 Å². The summed E-state index contributed by atoms with van der Waals surface area (Å²) < 4.78 is 11.0. The highest BCUT2D eigenvalue weighted by Crippen LogP contribution is 2.18. The highest BCUT2D eigenvalue weighted by atomic mass is 35.5. The van der Waals surface area contributed by atoms with Crippen LogP contribution in [0.25, 0.3) is 0 Å². The summed E-state index contributed by atoms with van der Waals surface area (Å²) in [6.07, 6.45) is 0.735. The number of halogens is 1. The van der Waals surface area contributed by atoms with Gasteiger partial charge in [0.2, 0.25) is 0 Å². The molecule has 124 valence electrons. The number of hydrogen-bond donors (Lipinski definition) is 0. The number of alkyl halides is 1. The maximum atomic E-state index is 12.1. The predicted octanol–water partition coefficient (Wildman–Crippen LogP) is 4.56. The number of nitriles is 1. The zero-order valence-electron chi connectivity index (χ0n) is 13.5. The van der Waals surface area contributed by atoms with Gasteiger partial charge < -0.3 is 9.47 Å². The summed E-state index contributed by atoms with van der Waals surface area (Å²) in [6, 6.07) is 15.1. The molecule has 0 aliphatic carbocycles. The van der Waals surface area contributed by atoms with Crippen molar-refractivity contribution in [2.24, 2.45) is 0 Å². The fourth-order valence-corrected chi connectivity index (χ4v) is 2.42. The van der Waals surface area contributed by atoms with Gasteiger partial charge in [-0.1, -0.05) is 0 Å². The summed E-state index contributed by atoms with van der Waals surface area (Å²) in [5.74, 6) is 0.604. The SMILES string of the molecule is C[C@H](Cl)C[C@H](C)Oc1ccc(C(=O)Oc2ccc(C#N)cc2)cc1. The van der Waals surface area contributed by atoms with E-state index in [0.29, 0.717) is 22.6 Å². The van der Waals surface area contributed by atoms with E-state index in [9.17, 15) is 4.79 Å². The lowest BCUT2D eigenvalue weighted by Crippen LogP contribution is -2.15. The van der Waals surface area contributed by atoms with Gasteiger partial charge in [-0.25, -0.2) is 4.79 Å². The minimum absolute atomic E-state index is 0.00560. The molecule has 0 bridgehead atoms. The topological polar surface area (TPSA) is 59.3 Å². The molecular weight excluding hydrogens is 326 g/mol. The van der Waals surface area contributed by atoms with E-state index in [1.54, 1.807) is 48.5 Å². The fraction of sp³-hybridized carbons (Fsp3) is 0.263. The van der Waals surface area contributed by atoms with Crippen molar-refractivity contribution in [2.45, 2.75) is 31.7 Å². The van der Waals surface area contributed by atoms with Crippen molar-refractivity contribution in [2.75, 3.05) is 0 Å². The van der Waals surface area contributed by atoms with E-state index in [1.807, 2.05) is 19.9 Å². The van der Waals surface area contributed by atoms with Gasteiger partial charge in [0, 0.05) is 11.8 Å². The molecule has 5 heteroatoms. The Kier molecular flexibility index (Phi) is 6.22. The zero-order chi connectivity index (χ0) is 17.5. The number of carbonyl (C=O) groups excluding carboxylic acids is 1. The molecule has 4 nitrogen and oxygen atoms in total. The lowest BCUT2D eigenvalue weighted by Gasteiger charge is -2.15. The molecule has 0 N–H and O–H groups in total. The Balaban J connectivity index is 1.96. The van der Waals surface area contributed by atoms with Crippen LogP contribution in [0.5, 0.6) is 11.5 Å². The summed E-state index contributed by atoms with van der Waals surface area (Å²) in [5.41, 5.74) is 0.932. The third-order valence-electron chi connectivity index (χ3n) is 3.28. The van der Waals surface area contributed by atoms with Crippen LogP contribution in [-0.2, 0) is 0 Å². The second-order valence-corrected chi connectivity index (χ2v) is 6.24. The summed E-state index contributed by atoms with van der Waals surface area (Å²) in [7, 11) is 0. The average Bonchev–Trinajstić information content (AvgIpc) is 2.55. The van der Waals surface area contributed by atoms with Gasteiger partial charge in [0.15, 0.2) is 0 Å². The molecule has 0 fully saturated rings. The van der Waals surface area contributed by atoms with Crippen LogP contribution in [0.1, 0.15) is 36.2 Å². The van der Waals surface area contributed by atoms with Crippen molar-refractivity contribution in [3.8, 4) is 17.6 Å². The molecule has 2 aromatic rings. The number of rotatable bonds is 6. The number of carbonyl (C=O) groups is 1. The normalized spacial score (nSPS) is 12.8. The van der Waals surface area contributed by atoms with E-state index in [1.165, 1.54) is 0 Å². The third kappa shape index (κ3) is 5.29. The lowest BCUT2D eigenvalue weighted by atomic mass is 10.2. The maximum absolute atomic E-state index is 12.1. The van der Waals surface area contributed by atoms with Crippen molar-refractivity contribution in [3.05, 3.63) is 59.7 Å². The molecule has 0 aliphatic heterocycles. The van der Waals surface area contributed by atoms with Gasteiger partial charge >= 0.3 is 5.97 Å². The Labute approximate surface area is 146 Å². The van der Waals surface area contributed by atoms with Crippen LogP contribution in [0.4, 0.5) is 0 Å². The number of hydrogen-bond acceptors (Lipinski definition) is 4. The number of ether oxygens (including phenoxy) is 2. The van der Waals surface area contributed by atoms with E-state index < -0.39 is 5.97 Å². The predicted molar refractivity (Wildman–Crippen MR) is 92.6 cm³/mol. The van der Waals surface area contributed by atoms with E-state index in [4.69, 9.17) is 26.3 Å². The van der Waals surface area contributed by atoms with E-state index >= 15 is 0 Å². The molecule has 0 saturated heterocycles. The molecule has 0 aliphatic rings. The van der Waals surface area contributed by atoms with Crippen LogP contribution in [0.3, 0.4) is 0 Å². The first-order valence-electron chi connectivity index (χ1n) is 7.61. The lowest BCUT2D eigenvalue weighted by molar-refractivity contribution is 0.0734. The zero-order valence-corrected chi connectivity index (χ0v) is 14.3. The molecule has 0 saturated carbocycles. The average molecular weight is 344 g/mol. The largest absolute Gasteiger partial charge is 0.491 e. The second-order valence-electron chi connectivity index (χ2n) is 5.50. The number of nitrogens with zero attached hydrogens (tertiary/aromatic N) is 1. The van der Waals surface area contributed by atoms with E-state index in [-0.39, 0.29) is 11.5 Å². The van der Waals surface area contributed by atoms with Gasteiger partial charge in [0.1, 0.15) is 11.5 Å². The first-order valence-corrected chi connectivity index (χ1v) is 8.04. The summed E-state index contributed by atoms with van der Waals surface area (Å²) >= 11 is 5.94. The molecule has 0 spiro atoms. The molecule has 0 radical (unpaired) electrons. The highest BCUT2D eigenvalue weighted by Gasteiger charge is 2.11. The van der Waals surface area contributed by atoms with Gasteiger partial charge in [0.05, 0.1) is 23.3 Å². The van der Waals surface area contributed by atoms with Crippen molar-refractivity contribution < 1.29 is 14.3 Å². The maximum Gasteiger partial charge on any atom is 0.343 e. The van der Waals surface area contributed by atoms with Gasteiger partial charge in [0.25, 0.3) is 0 Å². The molecule has 2 aromatic carbocycles. The molecule has 0 heterocycles. The standard InChI is InChI=1S/C19H18ClNO3/c1-13(20)11-14(2)23-17-9-5-16(6-10-17)19(22)24-18-7-3-15(12-21)4-8-18/h3-10,13-14H,11H2,1-2H3/t13-,14-/m0/s1. The Morgan fingerprint density at radius 2 is 1.67 bits per heavy atom. The van der Waals surface area contributed by atoms with Crippen LogP contribution in [0.2, 0.25) is 0 Å². The summed E-state index contributed by atoms with van der Waals surface area (Å²) in [6.45, 7) is 3.87. The third-order valence-corrected chi connectivity index (χ3v) is 3.46. The smallest absolute Gasteiger partial charge is 0.343 e. The van der Waals surface area contributed by atoms with Gasteiger partial charge in [-0.15, -0.1) is 11.6 Å². The number of benzene rings is 2. The summed E-state index contributed by atoms with van der Waals surface area (Å²) in [5, 5.41) is 8.79. The summed E-state index contributed by atoms with van der Waals surface area (Å²) in [4.78, 5) is 12.1. The second kappa shape index (κ2) is 8.37. The molecule has 2 atom stereocenters. The molecule has 0 unspecified atom stereocenters. The molecule has 2 rings (SSSR count). The first kappa shape index (κ1) is 17.8. The van der Waals surface area contributed by atoms with Crippen molar-refractivity contribution in [1.82, 2.24) is 0 Å².